The monoisotopic (exact) mass is 468 g/mol. The highest BCUT2D eigenvalue weighted by atomic mass is 16.5. The van der Waals surface area contributed by atoms with Crippen molar-refractivity contribution in [3.63, 3.8) is 0 Å². The zero-order valence-electron chi connectivity index (χ0n) is 20.3. The van der Waals surface area contributed by atoms with Gasteiger partial charge in [0.2, 0.25) is 0 Å². The van der Waals surface area contributed by atoms with Crippen molar-refractivity contribution in [2.45, 2.75) is 45.8 Å². The SMILES string of the molecule is COc1cc(OC)cc(C(=O)NC(C(=O)OC(C)C(=O)N2CCCc3ccccc32)C(C)C)c1. The lowest BCUT2D eigenvalue weighted by Gasteiger charge is -2.31. The van der Waals surface area contributed by atoms with Crippen LogP contribution in [0.1, 0.15) is 43.1 Å². The van der Waals surface area contributed by atoms with Gasteiger partial charge in [-0.25, -0.2) is 4.79 Å². The fourth-order valence-electron chi connectivity index (χ4n) is 3.94. The summed E-state index contributed by atoms with van der Waals surface area (Å²) in [6.07, 6.45) is 0.761. The van der Waals surface area contributed by atoms with E-state index in [1.807, 2.05) is 24.3 Å². The largest absolute Gasteiger partial charge is 0.497 e. The molecule has 0 radical (unpaired) electrons. The van der Waals surface area contributed by atoms with E-state index < -0.39 is 24.0 Å². The zero-order valence-corrected chi connectivity index (χ0v) is 20.3. The van der Waals surface area contributed by atoms with Gasteiger partial charge in [-0.15, -0.1) is 0 Å². The Morgan fingerprint density at radius 2 is 1.62 bits per heavy atom. The molecule has 34 heavy (non-hydrogen) atoms. The van der Waals surface area contributed by atoms with Crippen LogP contribution in [0.4, 0.5) is 5.69 Å². The van der Waals surface area contributed by atoms with Gasteiger partial charge in [0.1, 0.15) is 17.5 Å². The molecule has 2 atom stereocenters. The lowest BCUT2D eigenvalue weighted by atomic mass is 10.0. The van der Waals surface area contributed by atoms with Gasteiger partial charge in [-0.1, -0.05) is 32.0 Å². The average Bonchev–Trinajstić information content (AvgIpc) is 2.85. The van der Waals surface area contributed by atoms with E-state index in [1.165, 1.54) is 14.2 Å². The van der Waals surface area contributed by atoms with Gasteiger partial charge in [0, 0.05) is 23.9 Å². The number of nitrogens with zero attached hydrogens (tertiary/aromatic N) is 1. The number of aryl methyl sites for hydroxylation is 1. The molecular formula is C26H32N2O6. The Hall–Kier alpha value is -3.55. The summed E-state index contributed by atoms with van der Waals surface area (Å²) in [5.41, 5.74) is 2.23. The standard InChI is InChI=1S/C26H32N2O6/c1-16(2)23(27-24(29)19-13-20(32-4)15-21(14-19)33-5)26(31)34-17(3)25(30)28-12-8-10-18-9-6-7-11-22(18)28/h6-7,9,11,13-17,23H,8,10,12H2,1-5H3,(H,27,29). The molecule has 0 spiro atoms. The molecule has 8 nitrogen and oxygen atoms in total. The number of carbonyl (C=O) groups is 3. The minimum Gasteiger partial charge on any atom is -0.497 e. The second-order valence-electron chi connectivity index (χ2n) is 8.60. The van der Waals surface area contributed by atoms with Crippen LogP contribution in [0.5, 0.6) is 11.5 Å². The number of benzene rings is 2. The van der Waals surface area contributed by atoms with Gasteiger partial charge in [-0.3, -0.25) is 9.59 Å². The van der Waals surface area contributed by atoms with Crippen molar-refractivity contribution in [2.24, 2.45) is 5.92 Å². The fourth-order valence-corrected chi connectivity index (χ4v) is 3.94. The lowest BCUT2D eigenvalue weighted by Crippen LogP contribution is -2.49. The molecule has 2 unspecified atom stereocenters. The van der Waals surface area contributed by atoms with Crippen molar-refractivity contribution in [1.82, 2.24) is 5.32 Å². The number of methoxy groups -OCH3 is 2. The molecule has 182 valence electrons. The van der Waals surface area contributed by atoms with Crippen molar-refractivity contribution in [3.8, 4) is 11.5 Å². The topological polar surface area (TPSA) is 94.2 Å². The summed E-state index contributed by atoms with van der Waals surface area (Å²) < 4.78 is 16.0. The highest BCUT2D eigenvalue weighted by molar-refractivity contribution is 6.00. The molecule has 8 heteroatoms. The van der Waals surface area contributed by atoms with E-state index in [4.69, 9.17) is 14.2 Å². The Morgan fingerprint density at radius 3 is 2.24 bits per heavy atom. The number of fused-ring (bicyclic) bond motifs is 1. The molecule has 3 rings (SSSR count). The predicted octanol–water partition coefficient (Wildman–Crippen LogP) is 3.37. The van der Waals surface area contributed by atoms with Crippen molar-refractivity contribution in [2.75, 3.05) is 25.7 Å². The minimum absolute atomic E-state index is 0.262. The van der Waals surface area contributed by atoms with Crippen LogP contribution in [0.3, 0.4) is 0 Å². The number of anilines is 1. The van der Waals surface area contributed by atoms with Crippen LogP contribution < -0.4 is 19.7 Å². The van der Waals surface area contributed by atoms with Crippen molar-refractivity contribution < 1.29 is 28.6 Å². The molecule has 0 aliphatic carbocycles. The summed E-state index contributed by atoms with van der Waals surface area (Å²) in [5, 5.41) is 2.73. The number of hydrogen-bond acceptors (Lipinski definition) is 6. The average molecular weight is 469 g/mol. The number of ether oxygens (including phenoxy) is 3. The van der Waals surface area contributed by atoms with Crippen LogP contribution in [-0.2, 0) is 20.7 Å². The first kappa shape index (κ1) is 25.1. The van der Waals surface area contributed by atoms with Crippen molar-refractivity contribution in [1.29, 1.82) is 0 Å². The van der Waals surface area contributed by atoms with Crippen LogP contribution in [-0.4, -0.2) is 50.7 Å². The summed E-state index contributed by atoms with van der Waals surface area (Å²) in [5.74, 6) is -0.779. The van der Waals surface area contributed by atoms with E-state index in [9.17, 15) is 14.4 Å². The number of nitrogens with one attached hydrogen (secondary N) is 1. The third-order valence-corrected chi connectivity index (χ3v) is 5.84. The maximum Gasteiger partial charge on any atom is 0.329 e. The lowest BCUT2D eigenvalue weighted by molar-refractivity contribution is -0.156. The Kier molecular flexibility index (Phi) is 8.15. The quantitative estimate of drug-likeness (QED) is 0.597. The smallest absolute Gasteiger partial charge is 0.329 e. The van der Waals surface area contributed by atoms with Crippen LogP contribution in [0.2, 0.25) is 0 Å². The molecule has 1 N–H and O–H groups in total. The number of carbonyl (C=O) groups excluding carboxylic acids is 3. The normalized spacial score (nSPS) is 14.6. The molecule has 1 heterocycles. The first-order valence-corrected chi connectivity index (χ1v) is 11.4. The van der Waals surface area contributed by atoms with E-state index in [1.54, 1.807) is 43.9 Å². The Morgan fingerprint density at radius 1 is 0.971 bits per heavy atom. The molecule has 0 saturated carbocycles. The molecule has 0 saturated heterocycles. The van der Waals surface area contributed by atoms with Crippen LogP contribution in [0.15, 0.2) is 42.5 Å². The third kappa shape index (κ3) is 5.68. The number of esters is 1. The van der Waals surface area contributed by atoms with Crippen LogP contribution >= 0.6 is 0 Å². The second kappa shape index (κ2) is 11.0. The van der Waals surface area contributed by atoms with Crippen molar-refractivity contribution in [3.05, 3.63) is 53.6 Å². The molecule has 2 aromatic rings. The molecule has 0 bridgehead atoms. The van der Waals surface area contributed by atoms with Crippen LogP contribution in [0, 0.1) is 5.92 Å². The minimum atomic E-state index is -0.992. The van der Waals surface area contributed by atoms with Crippen LogP contribution in [0.25, 0.3) is 0 Å². The van der Waals surface area contributed by atoms with E-state index >= 15 is 0 Å². The maximum absolute atomic E-state index is 13.1. The van der Waals surface area contributed by atoms with Crippen molar-refractivity contribution >= 4 is 23.5 Å². The molecule has 2 aromatic carbocycles. The second-order valence-corrected chi connectivity index (χ2v) is 8.60. The number of para-hydroxylation sites is 1. The summed E-state index contributed by atoms with van der Waals surface area (Å²) in [4.78, 5) is 40.7. The summed E-state index contributed by atoms with van der Waals surface area (Å²) in [6, 6.07) is 11.6. The first-order valence-electron chi connectivity index (χ1n) is 11.4. The predicted molar refractivity (Wildman–Crippen MR) is 128 cm³/mol. The maximum atomic E-state index is 13.1. The van der Waals surface area contributed by atoms with E-state index in [-0.39, 0.29) is 17.4 Å². The molecule has 1 aliphatic heterocycles. The molecule has 2 amide bonds. The van der Waals surface area contributed by atoms with Gasteiger partial charge < -0.3 is 24.4 Å². The number of hydrogen-bond donors (Lipinski definition) is 1. The Labute approximate surface area is 200 Å². The van der Waals surface area contributed by atoms with Gasteiger partial charge in [0.25, 0.3) is 11.8 Å². The van der Waals surface area contributed by atoms with Gasteiger partial charge in [0.05, 0.1) is 14.2 Å². The first-order chi connectivity index (χ1) is 16.2. The Bertz CT molecular complexity index is 1030. The third-order valence-electron chi connectivity index (χ3n) is 5.84. The van der Waals surface area contributed by atoms with E-state index in [0.29, 0.717) is 18.0 Å². The zero-order chi connectivity index (χ0) is 24.8. The van der Waals surface area contributed by atoms with Gasteiger partial charge >= 0.3 is 5.97 Å². The molecular weight excluding hydrogens is 436 g/mol. The van der Waals surface area contributed by atoms with Gasteiger partial charge in [0.15, 0.2) is 6.10 Å². The van der Waals surface area contributed by atoms with Gasteiger partial charge in [-0.2, -0.15) is 0 Å². The highest BCUT2D eigenvalue weighted by Crippen LogP contribution is 2.28. The summed E-state index contributed by atoms with van der Waals surface area (Å²) in [7, 11) is 2.98. The van der Waals surface area contributed by atoms with E-state index in [2.05, 4.69) is 5.32 Å². The molecule has 1 aliphatic rings. The fraction of sp³-hybridized carbons (Fsp3) is 0.423. The molecule has 0 fully saturated rings. The Balaban J connectivity index is 1.70. The van der Waals surface area contributed by atoms with Gasteiger partial charge in [-0.05, 0) is 49.4 Å². The summed E-state index contributed by atoms with van der Waals surface area (Å²) in [6.45, 7) is 5.72. The number of amides is 2. The number of rotatable bonds is 8. The highest BCUT2D eigenvalue weighted by Gasteiger charge is 2.32. The summed E-state index contributed by atoms with van der Waals surface area (Å²) >= 11 is 0. The molecule has 0 aromatic heterocycles. The van der Waals surface area contributed by atoms with E-state index in [0.717, 1.165) is 24.1 Å².